The van der Waals surface area contributed by atoms with Crippen molar-refractivity contribution in [1.29, 1.82) is 0 Å². The molecule has 4 rings (SSSR count). The number of hydrogen-bond donors (Lipinski definition) is 0. The van der Waals surface area contributed by atoms with Gasteiger partial charge in [-0.2, -0.15) is 0 Å². The van der Waals surface area contributed by atoms with Gasteiger partial charge in [0.05, 0.1) is 0 Å². The fourth-order valence-electron chi connectivity index (χ4n) is 2.82. The summed E-state index contributed by atoms with van der Waals surface area (Å²) in [6, 6.07) is 22.9. The van der Waals surface area contributed by atoms with Gasteiger partial charge in [-0.3, -0.25) is 0 Å². The van der Waals surface area contributed by atoms with Crippen LogP contribution in [-0.4, -0.2) is 6.61 Å². The lowest BCUT2D eigenvalue weighted by Crippen LogP contribution is -2.12. The highest BCUT2D eigenvalue weighted by molar-refractivity contribution is 5.81. The number of H-pyrrole nitrogens is 1. The zero-order chi connectivity index (χ0) is 18.5. The Labute approximate surface area is 156 Å². The molecule has 0 atom stereocenters. The zero-order valence-electron chi connectivity index (χ0n) is 14.6. The third-order valence-corrected chi connectivity index (χ3v) is 4.16. The molecule has 4 aromatic rings. The number of nitrogens with one attached hydrogen (secondary N) is 1. The number of fused-ring (bicyclic) bond motifs is 1. The van der Waals surface area contributed by atoms with E-state index in [1.165, 1.54) is 0 Å². The lowest BCUT2D eigenvalue weighted by molar-refractivity contribution is -0.364. The summed E-state index contributed by atoms with van der Waals surface area (Å²) >= 11 is 0. The Bertz CT molecular complexity index is 1130. The molecule has 0 radical (unpaired) electrons. The Morgan fingerprint density at radius 3 is 2.63 bits per heavy atom. The van der Waals surface area contributed by atoms with Crippen LogP contribution in [0.4, 0.5) is 0 Å². The van der Waals surface area contributed by atoms with E-state index in [1.807, 2.05) is 78.9 Å². The second-order valence-electron chi connectivity index (χ2n) is 6.05. The van der Waals surface area contributed by atoms with E-state index in [0.717, 1.165) is 16.6 Å². The molecular weight excluding hydrogens is 338 g/mol. The number of rotatable bonds is 5. The molecule has 0 bridgehead atoms. The molecule has 0 aliphatic rings. The summed E-state index contributed by atoms with van der Waals surface area (Å²) < 4.78 is 11.2. The summed E-state index contributed by atoms with van der Waals surface area (Å²) in [6.45, 7) is 0.432. The van der Waals surface area contributed by atoms with Crippen molar-refractivity contribution in [3.8, 4) is 17.0 Å². The van der Waals surface area contributed by atoms with Crippen molar-refractivity contribution in [2.24, 2.45) is 0 Å². The molecule has 4 heteroatoms. The van der Waals surface area contributed by atoms with Crippen molar-refractivity contribution in [2.75, 3.05) is 6.61 Å². The average Bonchev–Trinajstić information content (AvgIpc) is 2.72. The third-order valence-electron chi connectivity index (χ3n) is 4.16. The van der Waals surface area contributed by atoms with Gasteiger partial charge in [0.25, 0.3) is 0 Å². The molecule has 0 spiro atoms. The Morgan fingerprint density at radius 2 is 1.81 bits per heavy atom. The number of aromatic amines is 1. The quantitative estimate of drug-likeness (QED) is 0.499. The molecule has 4 nitrogen and oxygen atoms in total. The molecule has 0 aliphatic heterocycles. The predicted molar refractivity (Wildman–Crippen MR) is 105 cm³/mol. The molecule has 0 aliphatic carbocycles. The number of benzene rings is 2. The molecule has 2 aromatic heterocycles. The smallest absolute Gasteiger partial charge is 0.350 e. The first kappa shape index (κ1) is 16.8. The van der Waals surface area contributed by atoms with Crippen LogP contribution in [0, 0.1) is 0 Å². The van der Waals surface area contributed by atoms with Crippen molar-refractivity contribution in [2.45, 2.75) is 0 Å². The van der Waals surface area contributed by atoms with E-state index in [9.17, 15) is 4.79 Å². The molecular formula is C23H18NO3+. The number of ether oxygens (including phenoxy) is 1. The summed E-state index contributed by atoms with van der Waals surface area (Å²) in [5.41, 5.74) is 2.47. The number of aromatic nitrogens is 1. The van der Waals surface area contributed by atoms with Crippen molar-refractivity contribution in [3.63, 3.8) is 0 Å². The molecule has 0 saturated heterocycles. The van der Waals surface area contributed by atoms with Crippen molar-refractivity contribution in [3.05, 3.63) is 101 Å². The predicted octanol–water partition coefficient (Wildman–Crippen LogP) is 4.37. The zero-order valence-corrected chi connectivity index (χ0v) is 14.6. The Morgan fingerprint density at radius 1 is 0.963 bits per heavy atom. The summed E-state index contributed by atoms with van der Waals surface area (Å²) in [4.78, 5) is 15.4. The fraction of sp³-hybridized carbons (Fsp3) is 0.0435. The van der Waals surface area contributed by atoms with E-state index in [4.69, 9.17) is 9.15 Å². The Balaban J connectivity index is 1.53. The van der Waals surface area contributed by atoms with Gasteiger partial charge in [0, 0.05) is 23.6 Å². The van der Waals surface area contributed by atoms with Crippen LogP contribution in [0.1, 0.15) is 5.56 Å². The summed E-state index contributed by atoms with van der Waals surface area (Å²) in [5, 5.41) is 0.842. The minimum absolute atomic E-state index is 0.383. The highest BCUT2D eigenvalue weighted by atomic mass is 16.5. The molecule has 0 fully saturated rings. The first-order valence-electron chi connectivity index (χ1n) is 8.69. The van der Waals surface area contributed by atoms with E-state index in [0.29, 0.717) is 23.5 Å². The highest BCUT2D eigenvalue weighted by Crippen LogP contribution is 2.23. The van der Waals surface area contributed by atoms with Gasteiger partial charge in [0.2, 0.25) is 5.69 Å². The molecule has 2 heterocycles. The van der Waals surface area contributed by atoms with E-state index in [1.54, 1.807) is 12.3 Å². The van der Waals surface area contributed by atoms with Gasteiger partial charge >= 0.3 is 5.63 Å². The van der Waals surface area contributed by atoms with E-state index < -0.39 is 0 Å². The van der Waals surface area contributed by atoms with Crippen molar-refractivity contribution in [1.82, 2.24) is 0 Å². The van der Waals surface area contributed by atoms with Gasteiger partial charge in [-0.15, -0.1) is 0 Å². The number of hydrogen-bond acceptors (Lipinski definition) is 3. The molecule has 2 aromatic carbocycles. The van der Waals surface area contributed by atoms with Crippen molar-refractivity contribution < 1.29 is 14.1 Å². The Hall–Kier alpha value is -3.66. The van der Waals surface area contributed by atoms with Gasteiger partial charge in [-0.1, -0.05) is 36.4 Å². The first-order valence-corrected chi connectivity index (χ1v) is 8.69. The van der Waals surface area contributed by atoms with Gasteiger partial charge in [-0.05, 0) is 35.9 Å². The van der Waals surface area contributed by atoms with Crippen LogP contribution in [0.2, 0.25) is 0 Å². The summed E-state index contributed by atoms with van der Waals surface area (Å²) in [5.74, 6) is 0.655. The lowest BCUT2D eigenvalue weighted by Gasteiger charge is -2.05. The topological polar surface area (TPSA) is 53.6 Å². The lowest BCUT2D eigenvalue weighted by atomic mass is 10.1. The largest absolute Gasteiger partial charge is 0.489 e. The maximum atomic E-state index is 12.3. The molecule has 0 saturated carbocycles. The standard InChI is InChI=1S/C23H17NO3/c25-23-20(21-10-4-5-13-24-21)15-18-11-12-19(16-22(18)27-23)26-14-6-9-17-7-2-1-3-8-17/h1-13,15-16H,14H2/p+1. The van der Waals surface area contributed by atoms with Crippen LogP contribution in [0.3, 0.4) is 0 Å². The molecule has 132 valence electrons. The molecule has 27 heavy (non-hydrogen) atoms. The molecule has 1 N–H and O–H groups in total. The van der Waals surface area contributed by atoms with E-state index in [2.05, 4.69) is 4.98 Å². The van der Waals surface area contributed by atoms with Crippen LogP contribution in [0.15, 0.2) is 94.3 Å². The molecule has 0 amide bonds. The third kappa shape index (κ3) is 3.96. The highest BCUT2D eigenvalue weighted by Gasteiger charge is 2.13. The summed E-state index contributed by atoms with van der Waals surface area (Å²) in [6.07, 6.45) is 5.73. The minimum atomic E-state index is -0.383. The van der Waals surface area contributed by atoms with E-state index in [-0.39, 0.29) is 5.63 Å². The maximum absolute atomic E-state index is 12.3. The van der Waals surface area contributed by atoms with Gasteiger partial charge < -0.3 is 9.15 Å². The van der Waals surface area contributed by atoms with Gasteiger partial charge in [-0.25, -0.2) is 9.78 Å². The summed E-state index contributed by atoms with van der Waals surface area (Å²) in [7, 11) is 0. The van der Waals surface area contributed by atoms with Crippen LogP contribution >= 0.6 is 0 Å². The van der Waals surface area contributed by atoms with Crippen LogP contribution in [-0.2, 0) is 0 Å². The van der Waals surface area contributed by atoms with E-state index >= 15 is 0 Å². The fourth-order valence-corrected chi connectivity index (χ4v) is 2.82. The second-order valence-corrected chi connectivity index (χ2v) is 6.05. The average molecular weight is 356 g/mol. The first-order chi connectivity index (χ1) is 13.3. The molecule has 0 unspecified atom stereocenters. The normalized spacial score (nSPS) is 11.1. The van der Waals surface area contributed by atoms with Crippen LogP contribution in [0.25, 0.3) is 28.3 Å². The van der Waals surface area contributed by atoms with Gasteiger partial charge in [0.1, 0.15) is 23.5 Å². The van der Waals surface area contributed by atoms with Crippen molar-refractivity contribution >= 4 is 17.0 Å². The van der Waals surface area contributed by atoms with Gasteiger partial charge in [0.15, 0.2) is 6.20 Å². The van der Waals surface area contributed by atoms with Crippen LogP contribution < -0.4 is 15.3 Å². The maximum Gasteiger partial charge on any atom is 0.350 e. The minimum Gasteiger partial charge on any atom is -0.489 e. The SMILES string of the molecule is O=c1oc2cc(OCC=Cc3ccccc3)ccc2cc1-c1cccc[nH+]1. The van der Waals surface area contributed by atoms with Crippen LogP contribution in [0.5, 0.6) is 5.75 Å². The second kappa shape index (κ2) is 7.70. The monoisotopic (exact) mass is 356 g/mol. The Kier molecular flexibility index (Phi) is 4.79. The number of pyridine rings is 1.